The van der Waals surface area contributed by atoms with Crippen molar-refractivity contribution in [3.05, 3.63) is 52.2 Å². The number of amides is 1. The quantitative estimate of drug-likeness (QED) is 0.773. The van der Waals surface area contributed by atoms with Crippen LogP contribution in [-0.2, 0) is 11.3 Å². The lowest BCUT2D eigenvalue weighted by Crippen LogP contribution is -2.44. The van der Waals surface area contributed by atoms with Crippen molar-refractivity contribution >= 4 is 17.2 Å². The van der Waals surface area contributed by atoms with E-state index in [4.69, 9.17) is 0 Å². The van der Waals surface area contributed by atoms with Gasteiger partial charge in [-0.15, -0.1) is 11.3 Å². The summed E-state index contributed by atoms with van der Waals surface area (Å²) in [7, 11) is 0. The highest BCUT2D eigenvalue weighted by Gasteiger charge is 2.33. The average Bonchev–Trinajstić information content (AvgIpc) is 3.42. The Balaban J connectivity index is 1.46. The second kappa shape index (κ2) is 9.14. The van der Waals surface area contributed by atoms with Gasteiger partial charge in [0.2, 0.25) is 5.91 Å². The van der Waals surface area contributed by atoms with Crippen LogP contribution in [0.5, 0.6) is 0 Å². The van der Waals surface area contributed by atoms with Gasteiger partial charge in [-0.05, 0) is 44.2 Å². The fourth-order valence-corrected chi connectivity index (χ4v) is 5.38. The number of rotatable bonds is 6. The lowest BCUT2D eigenvalue weighted by atomic mass is 9.90. The third kappa shape index (κ3) is 4.61. The Hall–Kier alpha value is -1.79. The van der Waals surface area contributed by atoms with E-state index >= 15 is 0 Å². The summed E-state index contributed by atoms with van der Waals surface area (Å²) in [5.74, 6) is 0.497. The molecule has 6 heteroatoms. The van der Waals surface area contributed by atoms with Gasteiger partial charge in [-0.1, -0.05) is 31.0 Å². The second-order valence-electron chi connectivity index (χ2n) is 8.07. The van der Waals surface area contributed by atoms with Crippen molar-refractivity contribution in [2.75, 3.05) is 13.1 Å². The molecule has 1 aliphatic carbocycles. The highest BCUT2D eigenvalue weighted by Crippen LogP contribution is 2.33. The lowest BCUT2D eigenvalue weighted by Gasteiger charge is -2.37. The number of benzene rings is 1. The molecule has 28 heavy (non-hydrogen) atoms. The molecule has 2 aromatic rings. The third-order valence-electron chi connectivity index (χ3n) is 6.11. The van der Waals surface area contributed by atoms with E-state index in [2.05, 4.69) is 15.2 Å². The summed E-state index contributed by atoms with van der Waals surface area (Å²) in [6, 6.07) is 6.96. The molecule has 2 aliphatic rings. The lowest BCUT2D eigenvalue weighted by molar-refractivity contribution is -0.126. The maximum Gasteiger partial charge on any atom is 0.223 e. The number of hydrogen-bond donors (Lipinski definition) is 1. The first-order valence-electron chi connectivity index (χ1n) is 10.4. The van der Waals surface area contributed by atoms with Gasteiger partial charge in [-0.25, -0.2) is 9.37 Å². The zero-order valence-corrected chi connectivity index (χ0v) is 17.0. The van der Waals surface area contributed by atoms with Gasteiger partial charge in [0.1, 0.15) is 10.8 Å². The first-order chi connectivity index (χ1) is 13.7. The molecule has 1 amide bonds. The van der Waals surface area contributed by atoms with Gasteiger partial charge in [-0.2, -0.15) is 0 Å². The summed E-state index contributed by atoms with van der Waals surface area (Å²) in [5, 5.41) is 6.30. The van der Waals surface area contributed by atoms with Gasteiger partial charge in [0.05, 0.1) is 6.04 Å². The maximum absolute atomic E-state index is 14.1. The van der Waals surface area contributed by atoms with Crippen molar-refractivity contribution in [1.82, 2.24) is 15.2 Å². The predicted octanol–water partition coefficient (Wildman–Crippen LogP) is 4.54. The van der Waals surface area contributed by atoms with Crippen molar-refractivity contribution in [2.45, 2.75) is 51.1 Å². The molecule has 0 spiro atoms. The SMILES string of the molecule is O=C(N[C@@H](c1nccs1)[C@@H]1CCCN(Cc2ccccc2F)C1)C1CCCC1. The largest absolute Gasteiger partial charge is 0.346 e. The normalized spacial score (nSPS) is 22.2. The Bertz CT molecular complexity index is 776. The highest BCUT2D eigenvalue weighted by molar-refractivity contribution is 7.09. The third-order valence-corrected chi connectivity index (χ3v) is 6.96. The first kappa shape index (κ1) is 19.5. The number of halogens is 1. The minimum Gasteiger partial charge on any atom is -0.346 e. The van der Waals surface area contributed by atoms with Gasteiger partial charge < -0.3 is 5.32 Å². The number of piperidine rings is 1. The van der Waals surface area contributed by atoms with Crippen LogP contribution in [0.4, 0.5) is 4.39 Å². The fourth-order valence-electron chi connectivity index (χ4n) is 4.60. The number of carbonyl (C=O) groups excluding carboxylic acids is 1. The number of thiazole rings is 1. The zero-order chi connectivity index (χ0) is 19.3. The zero-order valence-electron chi connectivity index (χ0n) is 16.1. The van der Waals surface area contributed by atoms with Crippen LogP contribution in [0.3, 0.4) is 0 Å². The number of aromatic nitrogens is 1. The van der Waals surface area contributed by atoms with Gasteiger partial charge in [0.25, 0.3) is 0 Å². The Morgan fingerprint density at radius 3 is 2.82 bits per heavy atom. The summed E-state index contributed by atoms with van der Waals surface area (Å²) < 4.78 is 14.1. The van der Waals surface area contributed by atoms with E-state index < -0.39 is 0 Å². The molecule has 1 N–H and O–H groups in total. The Kier molecular flexibility index (Phi) is 6.37. The van der Waals surface area contributed by atoms with Crippen molar-refractivity contribution < 1.29 is 9.18 Å². The topological polar surface area (TPSA) is 45.2 Å². The molecule has 1 aromatic carbocycles. The maximum atomic E-state index is 14.1. The molecule has 1 aliphatic heterocycles. The Morgan fingerprint density at radius 2 is 2.07 bits per heavy atom. The van der Waals surface area contributed by atoms with Crippen LogP contribution in [0.25, 0.3) is 0 Å². The molecule has 2 heterocycles. The monoisotopic (exact) mass is 401 g/mol. The van der Waals surface area contributed by atoms with E-state index in [-0.39, 0.29) is 23.7 Å². The number of hydrogen-bond acceptors (Lipinski definition) is 4. The molecule has 0 unspecified atom stereocenters. The van der Waals surface area contributed by atoms with Crippen LogP contribution < -0.4 is 5.32 Å². The molecule has 1 aromatic heterocycles. The molecule has 0 bridgehead atoms. The number of nitrogens with one attached hydrogen (secondary N) is 1. The van der Waals surface area contributed by atoms with Gasteiger partial charge in [0, 0.05) is 36.1 Å². The summed E-state index contributed by atoms with van der Waals surface area (Å²) >= 11 is 1.61. The van der Waals surface area contributed by atoms with Crippen LogP contribution >= 0.6 is 11.3 Å². The molecule has 1 saturated heterocycles. The summed E-state index contributed by atoms with van der Waals surface area (Å²) in [5.41, 5.74) is 0.740. The molecule has 150 valence electrons. The summed E-state index contributed by atoms with van der Waals surface area (Å²) in [6.45, 7) is 2.43. The van der Waals surface area contributed by atoms with Crippen LogP contribution in [0.1, 0.15) is 55.1 Å². The fraction of sp³-hybridized carbons (Fsp3) is 0.545. The smallest absolute Gasteiger partial charge is 0.223 e. The van der Waals surface area contributed by atoms with E-state index in [0.717, 1.165) is 62.2 Å². The van der Waals surface area contributed by atoms with Crippen molar-refractivity contribution in [1.29, 1.82) is 0 Å². The first-order valence-corrected chi connectivity index (χ1v) is 11.2. The highest BCUT2D eigenvalue weighted by atomic mass is 32.1. The van der Waals surface area contributed by atoms with E-state index in [1.54, 1.807) is 17.4 Å². The van der Waals surface area contributed by atoms with Crippen LogP contribution in [0.15, 0.2) is 35.8 Å². The second-order valence-corrected chi connectivity index (χ2v) is 8.99. The van der Waals surface area contributed by atoms with E-state index in [9.17, 15) is 9.18 Å². The molecular weight excluding hydrogens is 373 g/mol. The van der Waals surface area contributed by atoms with E-state index in [1.165, 1.54) is 6.07 Å². The minimum absolute atomic E-state index is 0.0449. The molecule has 4 nitrogen and oxygen atoms in total. The standard InChI is InChI=1S/C22H28FN3OS/c23-19-10-4-3-8-17(19)14-26-12-5-9-18(15-26)20(22-24-11-13-28-22)25-21(27)16-6-1-2-7-16/h3-4,8,10-11,13,16,18,20H,1-2,5-7,9,12,14-15H2,(H,25,27)/t18-,20-/m1/s1. The van der Waals surface area contributed by atoms with Gasteiger partial charge in [-0.3, -0.25) is 9.69 Å². The Labute approximate surface area is 170 Å². The summed E-state index contributed by atoms with van der Waals surface area (Å²) in [6.07, 6.45) is 8.23. The van der Waals surface area contributed by atoms with Crippen LogP contribution in [-0.4, -0.2) is 28.9 Å². The number of likely N-dealkylation sites (tertiary alicyclic amines) is 1. The minimum atomic E-state index is -0.143. The van der Waals surface area contributed by atoms with Crippen molar-refractivity contribution in [2.24, 2.45) is 11.8 Å². The van der Waals surface area contributed by atoms with Crippen molar-refractivity contribution in [3.63, 3.8) is 0 Å². The molecule has 2 fully saturated rings. The van der Waals surface area contributed by atoms with Gasteiger partial charge in [0.15, 0.2) is 0 Å². The molecular formula is C22H28FN3OS. The molecule has 2 atom stereocenters. The van der Waals surface area contributed by atoms with Crippen LogP contribution in [0.2, 0.25) is 0 Å². The molecule has 1 saturated carbocycles. The number of nitrogens with zero attached hydrogens (tertiary/aromatic N) is 2. The van der Waals surface area contributed by atoms with E-state index in [0.29, 0.717) is 12.5 Å². The van der Waals surface area contributed by atoms with E-state index in [1.807, 2.05) is 23.7 Å². The molecule has 4 rings (SSSR count). The molecule has 0 radical (unpaired) electrons. The summed E-state index contributed by atoms with van der Waals surface area (Å²) in [4.78, 5) is 19.6. The van der Waals surface area contributed by atoms with Crippen LogP contribution in [0, 0.1) is 17.7 Å². The Morgan fingerprint density at radius 1 is 1.25 bits per heavy atom. The van der Waals surface area contributed by atoms with Gasteiger partial charge >= 0.3 is 0 Å². The van der Waals surface area contributed by atoms with Crippen molar-refractivity contribution in [3.8, 4) is 0 Å². The predicted molar refractivity (Wildman–Crippen MR) is 109 cm³/mol. The number of carbonyl (C=O) groups is 1. The average molecular weight is 402 g/mol.